The van der Waals surface area contributed by atoms with Crippen molar-refractivity contribution in [1.82, 2.24) is 15.3 Å². The van der Waals surface area contributed by atoms with Gasteiger partial charge in [0.2, 0.25) is 0 Å². The Morgan fingerprint density at radius 2 is 1.76 bits per heavy atom. The molecule has 3 rings (SSSR count). The molecule has 1 N–H and O–H groups in total. The molecule has 1 saturated heterocycles. The molecule has 2 heterocycles. The van der Waals surface area contributed by atoms with Gasteiger partial charge in [-0.3, -0.25) is 0 Å². The molecular weight excluding hydrogens is 298 g/mol. The highest BCUT2D eigenvalue weighted by molar-refractivity contribution is 8.06. The first-order valence-electron chi connectivity index (χ1n) is 7.99. The molecule has 1 saturated carbocycles. The van der Waals surface area contributed by atoms with Crippen LogP contribution in [0, 0.1) is 13.8 Å². The number of aryl methyl sites for hydroxylation is 2. The fraction of sp³-hybridized carbons (Fsp3) is 0.750. The van der Waals surface area contributed by atoms with Gasteiger partial charge in [0.05, 0.1) is 5.25 Å². The van der Waals surface area contributed by atoms with E-state index in [2.05, 4.69) is 37.8 Å². The predicted molar refractivity (Wildman–Crippen MR) is 93.1 cm³/mol. The third-order valence-electron chi connectivity index (χ3n) is 4.29. The molecule has 0 spiro atoms. The highest BCUT2D eigenvalue weighted by Gasteiger charge is 2.29. The lowest BCUT2D eigenvalue weighted by molar-refractivity contribution is 0.666. The molecule has 1 aromatic rings. The van der Waals surface area contributed by atoms with Gasteiger partial charge in [0.1, 0.15) is 5.82 Å². The molecule has 5 heteroatoms. The van der Waals surface area contributed by atoms with Gasteiger partial charge in [0.15, 0.2) is 0 Å². The second-order valence-electron chi connectivity index (χ2n) is 6.00. The van der Waals surface area contributed by atoms with Crippen LogP contribution in [0.15, 0.2) is 0 Å². The van der Waals surface area contributed by atoms with Crippen molar-refractivity contribution < 1.29 is 0 Å². The molecule has 2 aliphatic rings. The Morgan fingerprint density at radius 1 is 1.10 bits per heavy atom. The van der Waals surface area contributed by atoms with Gasteiger partial charge in [0, 0.05) is 46.3 Å². The highest BCUT2D eigenvalue weighted by atomic mass is 32.2. The summed E-state index contributed by atoms with van der Waals surface area (Å²) in [6, 6.07) is 0.734. The van der Waals surface area contributed by atoms with Gasteiger partial charge >= 0.3 is 0 Å². The first-order chi connectivity index (χ1) is 10.2. The Balaban J connectivity index is 1.79. The lowest BCUT2D eigenvalue weighted by Crippen LogP contribution is -2.23. The van der Waals surface area contributed by atoms with Gasteiger partial charge in [0.25, 0.3) is 0 Å². The number of thioether (sulfide) groups is 2. The minimum Gasteiger partial charge on any atom is -0.310 e. The molecule has 3 nitrogen and oxygen atoms in total. The molecule has 0 amide bonds. The van der Waals surface area contributed by atoms with Crippen LogP contribution < -0.4 is 5.32 Å². The Hall–Kier alpha value is -0.260. The van der Waals surface area contributed by atoms with E-state index in [4.69, 9.17) is 9.97 Å². The molecule has 2 fully saturated rings. The predicted octanol–water partition coefficient (Wildman–Crippen LogP) is 3.65. The Kier molecular flexibility index (Phi) is 5.12. The number of rotatable bonds is 5. The Morgan fingerprint density at radius 3 is 2.38 bits per heavy atom. The molecule has 2 unspecified atom stereocenters. The van der Waals surface area contributed by atoms with E-state index in [1.807, 2.05) is 11.8 Å². The topological polar surface area (TPSA) is 37.8 Å². The third kappa shape index (κ3) is 3.74. The van der Waals surface area contributed by atoms with E-state index < -0.39 is 0 Å². The normalized spacial score (nSPS) is 26.0. The molecular formula is C16H25N3S2. The minimum atomic E-state index is 0.469. The maximum Gasteiger partial charge on any atom is 0.142 e. The average Bonchev–Trinajstić information content (AvgIpc) is 3.30. The van der Waals surface area contributed by atoms with Crippen molar-refractivity contribution in [2.75, 3.05) is 11.5 Å². The van der Waals surface area contributed by atoms with Crippen molar-refractivity contribution in [3.8, 4) is 0 Å². The van der Waals surface area contributed by atoms with Crippen LogP contribution in [0.4, 0.5) is 0 Å². The van der Waals surface area contributed by atoms with Crippen molar-refractivity contribution in [3.63, 3.8) is 0 Å². The quantitative estimate of drug-likeness (QED) is 0.895. The Labute approximate surface area is 136 Å². The standard InChI is InChI=1S/C16H25N3S2/c1-4-14-15(21-8-7-20-14)16-18-10(2)13(11(3)19-16)9-17-12-5-6-12/h12,14-15,17H,4-9H2,1-3H3. The van der Waals surface area contributed by atoms with Gasteiger partial charge in [-0.15, -0.1) is 11.8 Å². The van der Waals surface area contributed by atoms with Crippen LogP contribution in [0.25, 0.3) is 0 Å². The van der Waals surface area contributed by atoms with Crippen LogP contribution in [0.5, 0.6) is 0 Å². The first-order valence-corrected chi connectivity index (χ1v) is 10.1. The molecule has 0 radical (unpaired) electrons. The number of nitrogens with zero attached hydrogens (tertiary/aromatic N) is 2. The summed E-state index contributed by atoms with van der Waals surface area (Å²) >= 11 is 4.13. The number of hydrogen-bond donors (Lipinski definition) is 1. The van der Waals surface area contributed by atoms with Crippen molar-refractivity contribution in [3.05, 3.63) is 22.8 Å². The lowest BCUT2D eigenvalue weighted by atomic mass is 10.1. The maximum absolute atomic E-state index is 4.87. The van der Waals surface area contributed by atoms with E-state index in [-0.39, 0.29) is 0 Å². The number of aromatic nitrogens is 2. The van der Waals surface area contributed by atoms with Crippen molar-refractivity contribution >= 4 is 23.5 Å². The van der Waals surface area contributed by atoms with Gasteiger partial charge in [-0.2, -0.15) is 11.8 Å². The molecule has 116 valence electrons. The van der Waals surface area contributed by atoms with E-state index in [0.29, 0.717) is 10.5 Å². The maximum atomic E-state index is 4.87. The van der Waals surface area contributed by atoms with Gasteiger partial charge in [-0.05, 0) is 33.1 Å². The molecule has 1 aliphatic heterocycles. The zero-order valence-electron chi connectivity index (χ0n) is 13.2. The Bertz CT molecular complexity index is 479. The second-order valence-corrected chi connectivity index (χ2v) is 8.59. The summed E-state index contributed by atoms with van der Waals surface area (Å²) in [5.74, 6) is 3.54. The fourth-order valence-corrected chi connectivity index (χ4v) is 5.82. The summed E-state index contributed by atoms with van der Waals surface area (Å²) in [4.78, 5) is 9.74. The highest BCUT2D eigenvalue weighted by Crippen LogP contribution is 2.43. The lowest BCUT2D eigenvalue weighted by Gasteiger charge is -2.29. The molecule has 21 heavy (non-hydrogen) atoms. The molecule has 0 aromatic carbocycles. The SMILES string of the molecule is CCC1SCCSC1c1nc(C)c(CNC2CC2)c(C)n1. The van der Waals surface area contributed by atoms with Gasteiger partial charge in [-0.1, -0.05) is 6.92 Å². The smallest absolute Gasteiger partial charge is 0.142 e. The summed E-state index contributed by atoms with van der Waals surface area (Å²) < 4.78 is 0. The van der Waals surface area contributed by atoms with Crippen LogP contribution in [-0.2, 0) is 6.54 Å². The molecule has 1 aliphatic carbocycles. The third-order valence-corrected chi connectivity index (χ3v) is 7.53. The zero-order valence-corrected chi connectivity index (χ0v) is 14.8. The monoisotopic (exact) mass is 323 g/mol. The molecule has 1 aromatic heterocycles. The fourth-order valence-electron chi connectivity index (χ4n) is 2.82. The largest absolute Gasteiger partial charge is 0.310 e. The van der Waals surface area contributed by atoms with Crippen LogP contribution in [0.2, 0.25) is 0 Å². The average molecular weight is 324 g/mol. The summed E-state index contributed by atoms with van der Waals surface area (Å²) in [6.07, 6.45) is 3.85. The second kappa shape index (κ2) is 6.88. The first kappa shape index (κ1) is 15.6. The van der Waals surface area contributed by atoms with E-state index in [1.165, 1.54) is 36.3 Å². The van der Waals surface area contributed by atoms with Crippen molar-refractivity contribution in [2.24, 2.45) is 0 Å². The van der Waals surface area contributed by atoms with E-state index in [0.717, 1.165) is 29.8 Å². The van der Waals surface area contributed by atoms with Crippen LogP contribution in [-0.4, -0.2) is 32.8 Å². The van der Waals surface area contributed by atoms with Crippen molar-refractivity contribution in [2.45, 2.75) is 63.1 Å². The van der Waals surface area contributed by atoms with Crippen molar-refractivity contribution in [1.29, 1.82) is 0 Å². The summed E-state index contributed by atoms with van der Waals surface area (Å²) in [5.41, 5.74) is 3.63. The molecule has 2 atom stereocenters. The van der Waals surface area contributed by atoms with E-state index in [1.54, 1.807) is 0 Å². The molecule has 0 bridgehead atoms. The minimum absolute atomic E-state index is 0.469. The summed E-state index contributed by atoms with van der Waals surface area (Å²) in [6.45, 7) is 7.49. The van der Waals surface area contributed by atoms with E-state index >= 15 is 0 Å². The number of hydrogen-bond acceptors (Lipinski definition) is 5. The summed E-state index contributed by atoms with van der Waals surface area (Å²) in [7, 11) is 0. The van der Waals surface area contributed by atoms with Crippen LogP contribution in [0.1, 0.15) is 54.2 Å². The van der Waals surface area contributed by atoms with Crippen LogP contribution in [0.3, 0.4) is 0 Å². The van der Waals surface area contributed by atoms with Gasteiger partial charge < -0.3 is 5.32 Å². The van der Waals surface area contributed by atoms with E-state index in [9.17, 15) is 0 Å². The van der Waals surface area contributed by atoms with Crippen LogP contribution >= 0.6 is 23.5 Å². The summed E-state index contributed by atoms with van der Waals surface area (Å²) in [5, 5.41) is 4.72. The zero-order chi connectivity index (χ0) is 14.8. The number of nitrogens with one attached hydrogen (secondary N) is 1. The van der Waals surface area contributed by atoms with Gasteiger partial charge in [-0.25, -0.2) is 9.97 Å².